The van der Waals surface area contributed by atoms with Gasteiger partial charge in [-0.2, -0.15) is 4.31 Å². The fraction of sp³-hybridized carbons (Fsp3) is 0.520. The molecule has 1 aromatic heterocycles. The third-order valence-electron chi connectivity index (χ3n) is 6.93. The minimum Gasteiger partial charge on any atom is -0.345 e. The summed E-state index contributed by atoms with van der Waals surface area (Å²) in [5.74, 6) is 0.0456. The van der Waals surface area contributed by atoms with Crippen LogP contribution in [0.2, 0.25) is 0 Å². The third-order valence-corrected chi connectivity index (χ3v) is 9.97. The smallest absolute Gasteiger partial charge is 0.256 e. The Labute approximate surface area is 212 Å². The maximum atomic E-state index is 13.1. The van der Waals surface area contributed by atoms with Gasteiger partial charge in [-0.15, -0.1) is 11.3 Å². The number of nitrogens with one attached hydrogen (secondary N) is 1. The van der Waals surface area contributed by atoms with Crippen LogP contribution in [0.5, 0.6) is 0 Å². The molecule has 0 bridgehead atoms. The number of carbonyl (C=O) groups is 2. The summed E-state index contributed by atoms with van der Waals surface area (Å²) in [5.41, 5.74) is 1.93. The normalized spacial score (nSPS) is 17.7. The predicted molar refractivity (Wildman–Crippen MR) is 139 cm³/mol. The largest absolute Gasteiger partial charge is 0.345 e. The lowest BCUT2D eigenvalue weighted by molar-refractivity contribution is 0.0827. The van der Waals surface area contributed by atoms with Gasteiger partial charge in [0.05, 0.1) is 10.5 Å². The summed E-state index contributed by atoms with van der Waals surface area (Å²) in [6, 6.07) is 6.06. The molecule has 0 spiro atoms. The zero-order valence-electron chi connectivity index (χ0n) is 20.8. The summed E-state index contributed by atoms with van der Waals surface area (Å²) in [6.07, 6.45) is 2.48. The van der Waals surface area contributed by atoms with Gasteiger partial charge in [-0.25, -0.2) is 8.42 Å². The van der Waals surface area contributed by atoms with Crippen molar-refractivity contribution in [1.29, 1.82) is 0 Å². The molecule has 1 aromatic carbocycles. The molecule has 1 saturated heterocycles. The zero-order chi connectivity index (χ0) is 25.3. The van der Waals surface area contributed by atoms with E-state index in [1.54, 1.807) is 14.1 Å². The quantitative estimate of drug-likeness (QED) is 0.632. The Morgan fingerprint density at radius 1 is 1.11 bits per heavy atom. The fourth-order valence-electron chi connectivity index (χ4n) is 4.59. The molecule has 2 aliphatic rings. The molecule has 0 aliphatic carbocycles. The topological polar surface area (TPSA) is 90.0 Å². The van der Waals surface area contributed by atoms with E-state index in [1.165, 1.54) is 44.8 Å². The molecule has 4 rings (SSSR count). The van der Waals surface area contributed by atoms with Gasteiger partial charge < -0.3 is 10.2 Å². The molecule has 0 saturated carbocycles. The number of anilines is 1. The first-order valence-electron chi connectivity index (χ1n) is 12.1. The number of sulfonamides is 1. The molecule has 0 atom stereocenters. The van der Waals surface area contributed by atoms with Crippen LogP contribution in [-0.4, -0.2) is 74.6 Å². The molecule has 2 amide bonds. The van der Waals surface area contributed by atoms with Crippen LogP contribution in [-0.2, 0) is 23.0 Å². The Hall–Kier alpha value is -2.27. The van der Waals surface area contributed by atoms with Gasteiger partial charge in [0.1, 0.15) is 5.00 Å². The minimum atomic E-state index is -3.58. The maximum absolute atomic E-state index is 13.1. The lowest BCUT2D eigenvalue weighted by Crippen LogP contribution is -2.37. The van der Waals surface area contributed by atoms with E-state index in [0.29, 0.717) is 35.1 Å². The van der Waals surface area contributed by atoms with Gasteiger partial charge >= 0.3 is 0 Å². The summed E-state index contributed by atoms with van der Waals surface area (Å²) < 4.78 is 27.5. The van der Waals surface area contributed by atoms with Gasteiger partial charge in [0.25, 0.3) is 11.8 Å². The van der Waals surface area contributed by atoms with Crippen molar-refractivity contribution in [2.75, 3.05) is 45.6 Å². The molecule has 1 fully saturated rings. The predicted octanol–water partition coefficient (Wildman–Crippen LogP) is 3.50. The highest BCUT2D eigenvalue weighted by Gasteiger charge is 2.30. The monoisotopic (exact) mass is 518 g/mol. The number of hydrogen-bond acceptors (Lipinski definition) is 6. The molecular formula is C25H34N4O4S2. The second-order valence-corrected chi connectivity index (χ2v) is 12.6. The van der Waals surface area contributed by atoms with Crippen molar-refractivity contribution in [1.82, 2.24) is 14.1 Å². The van der Waals surface area contributed by atoms with Crippen molar-refractivity contribution in [3.63, 3.8) is 0 Å². The first-order chi connectivity index (χ1) is 16.6. The van der Waals surface area contributed by atoms with E-state index >= 15 is 0 Å². The average molecular weight is 519 g/mol. The van der Waals surface area contributed by atoms with Crippen LogP contribution in [0.4, 0.5) is 5.00 Å². The van der Waals surface area contributed by atoms with Gasteiger partial charge in [-0.3, -0.25) is 14.5 Å². The van der Waals surface area contributed by atoms with Crippen molar-refractivity contribution >= 4 is 38.2 Å². The van der Waals surface area contributed by atoms with Crippen LogP contribution < -0.4 is 5.32 Å². The van der Waals surface area contributed by atoms with E-state index in [0.717, 1.165) is 49.3 Å². The molecule has 3 heterocycles. The lowest BCUT2D eigenvalue weighted by atomic mass is 10.0. The van der Waals surface area contributed by atoms with Crippen LogP contribution in [0.3, 0.4) is 0 Å². The van der Waals surface area contributed by atoms with Gasteiger partial charge in [0.15, 0.2) is 0 Å². The molecular weight excluding hydrogens is 484 g/mol. The number of thiophene rings is 1. The Bertz CT molecular complexity index is 1200. The molecule has 0 radical (unpaired) electrons. The Kier molecular flexibility index (Phi) is 7.65. The summed E-state index contributed by atoms with van der Waals surface area (Å²) in [5, 5.41) is 3.48. The molecule has 2 aromatic rings. The van der Waals surface area contributed by atoms with Gasteiger partial charge in [0, 0.05) is 50.7 Å². The van der Waals surface area contributed by atoms with Crippen molar-refractivity contribution in [3.05, 3.63) is 45.8 Å². The van der Waals surface area contributed by atoms with Crippen molar-refractivity contribution in [2.45, 2.75) is 44.6 Å². The first kappa shape index (κ1) is 25.8. The Morgan fingerprint density at radius 3 is 2.37 bits per heavy atom. The first-order valence-corrected chi connectivity index (χ1v) is 14.4. The number of fused-ring (bicyclic) bond motifs is 1. The molecule has 190 valence electrons. The summed E-state index contributed by atoms with van der Waals surface area (Å²) in [4.78, 5) is 31.2. The Balaban J connectivity index is 1.55. The third kappa shape index (κ3) is 5.30. The molecule has 1 N–H and O–H groups in total. The number of rotatable bonds is 6. The summed E-state index contributed by atoms with van der Waals surface area (Å²) >= 11 is 1.45. The summed E-state index contributed by atoms with van der Waals surface area (Å²) in [6.45, 7) is 7.87. The van der Waals surface area contributed by atoms with E-state index in [2.05, 4.69) is 24.1 Å². The lowest BCUT2D eigenvalue weighted by Gasteiger charge is -2.29. The van der Waals surface area contributed by atoms with E-state index in [4.69, 9.17) is 0 Å². The number of nitrogens with zero attached hydrogens (tertiary/aromatic N) is 3. The highest BCUT2D eigenvalue weighted by molar-refractivity contribution is 7.89. The average Bonchev–Trinajstić information content (AvgIpc) is 3.20. The van der Waals surface area contributed by atoms with Gasteiger partial charge in [0.2, 0.25) is 10.0 Å². The van der Waals surface area contributed by atoms with Crippen molar-refractivity contribution in [3.8, 4) is 0 Å². The highest BCUT2D eigenvalue weighted by Crippen LogP contribution is 2.38. The van der Waals surface area contributed by atoms with E-state index in [9.17, 15) is 18.0 Å². The van der Waals surface area contributed by atoms with E-state index < -0.39 is 10.0 Å². The number of hydrogen-bond donors (Lipinski definition) is 1. The number of amides is 2. The SMILES string of the molecule is CCN1CCc2c(sc(NC(=O)c3ccc(S(=O)(=O)N4CCC(C)CC4)cc3)c2C(=O)N(C)C)C1. The second-order valence-electron chi connectivity index (χ2n) is 9.59. The fourth-order valence-corrected chi connectivity index (χ4v) is 7.34. The number of benzene rings is 1. The maximum Gasteiger partial charge on any atom is 0.256 e. The number of carbonyl (C=O) groups excluding carboxylic acids is 2. The van der Waals surface area contributed by atoms with Gasteiger partial charge in [-0.05, 0) is 61.6 Å². The number of piperidine rings is 1. The van der Waals surface area contributed by atoms with Crippen LogP contribution >= 0.6 is 11.3 Å². The molecule has 2 aliphatic heterocycles. The van der Waals surface area contributed by atoms with Crippen LogP contribution in [0.25, 0.3) is 0 Å². The summed E-state index contributed by atoms with van der Waals surface area (Å²) in [7, 11) is -0.156. The van der Waals surface area contributed by atoms with Crippen LogP contribution in [0, 0.1) is 5.92 Å². The highest BCUT2D eigenvalue weighted by atomic mass is 32.2. The number of likely N-dealkylation sites (N-methyl/N-ethyl adjacent to an activating group) is 1. The molecule has 35 heavy (non-hydrogen) atoms. The van der Waals surface area contributed by atoms with Crippen molar-refractivity contribution in [2.24, 2.45) is 5.92 Å². The molecule has 8 nitrogen and oxygen atoms in total. The molecule has 10 heteroatoms. The van der Waals surface area contributed by atoms with Crippen LogP contribution in [0.1, 0.15) is 57.8 Å². The molecule has 0 unspecified atom stereocenters. The van der Waals surface area contributed by atoms with Crippen molar-refractivity contribution < 1.29 is 18.0 Å². The zero-order valence-corrected chi connectivity index (χ0v) is 22.5. The second kappa shape index (κ2) is 10.4. The minimum absolute atomic E-state index is 0.125. The standard InChI is InChI=1S/C25H34N4O4S2/c1-5-28-13-12-20-21(16-28)34-24(22(20)25(31)27(3)4)26-23(30)18-6-8-19(9-7-18)35(32,33)29-14-10-17(2)11-15-29/h6-9,17H,5,10-16H2,1-4H3,(H,26,30). The van der Waals surface area contributed by atoms with Crippen LogP contribution in [0.15, 0.2) is 29.2 Å². The van der Waals surface area contributed by atoms with E-state index in [-0.39, 0.29) is 16.7 Å². The van der Waals surface area contributed by atoms with Gasteiger partial charge in [-0.1, -0.05) is 13.8 Å². The Morgan fingerprint density at radius 2 is 1.77 bits per heavy atom. The van der Waals surface area contributed by atoms with E-state index in [1.807, 2.05) is 0 Å².